The van der Waals surface area contributed by atoms with Crippen LogP contribution >= 0.6 is 23.1 Å². The van der Waals surface area contributed by atoms with E-state index >= 15 is 0 Å². The van der Waals surface area contributed by atoms with Gasteiger partial charge in [-0.05, 0) is 22.4 Å². The van der Waals surface area contributed by atoms with E-state index in [-0.39, 0.29) is 0 Å². The Balaban J connectivity index is 2.08. The number of rotatable bonds is 1. The van der Waals surface area contributed by atoms with Gasteiger partial charge >= 0.3 is 0 Å². The Morgan fingerprint density at radius 2 is 2.55 bits per heavy atom. The summed E-state index contributed by atoms with van der Waals surface area (Å²) in [6.45, 7) is 3.41. The fourth-order valence-corrected chi connectivity index (χ4v) is 3.15. The molecular weight excluding hydrogens is 174 g/mol. The smallest absolute Gasteiger partial charge is 0.0800 e. The standard InChI is InChI=1S/C8H11NS2/c1-6-4-9-8(11-6)7-2-3-10-5-7/h2-3,5-6,8-9H,4H2,1H3. The van der Waals surface area contributed by atoms with Crippen molar-refractivity contribution in [3.8, 4) is 0 Å². The molecule has 60 valence electrons. The number of thiophene rings is 1. The van der Waals surface area contributed by atoms with E-state index in [0.29, 0.717) is 5.37 Å². The maximum absolute atomic E-state index is 3.48. The molecule has 0 bridgehead atoms. The van der Waals surface area contributed by atoms with Crippen LogP contribution in [0.2, 0.25) is 0 Å². The molecule has 1 fully saturated rings. The monoisotopic (exact) mass is 185 g/mol. The number of thioether (sulfide) groups is 1. The summed E-state index contributed by atoms with van der Waals surface area (Å²) in [7, 11) is 0. The maximum atomic E-state index is 3.48. The van der Waals surface area contributed by atoms with Gasteiger partial charge in [-0.25, -0.2) is 0 Å². The van der Waals surface area contributed by atoms with E-state index in [0.717, 1.165) is 11.8 Å². The quantitative estimate of drug-likeness (QED) is 0.721. The minimum atomic E-state index is 0.552. The van der Waals surface area contributed by atoms with Crippen molar-refractivity contribution in [2.75, 3.05) is 6.54 Å². The van der Waals surface area contributed by atoms with E-state index in [2.05, 4.69) is 29.1 Å². The van der Waals surface area contributed by atoms with Gasteiger partial charge in [0.25, 0.3) is 0 Å². The highest BCUT2D eigenvalue weighted by Crippen LogP contribution is 2.35. The molecule has 1 nitrogen and oxygen atoms in total. The topological polar surface area (TPSA) is 12.0 Å². The molecule has 1 aromatic heterocycles. The van der Waals surface area contributed by atoms with Gasteiger partial charge in [-0.2, -0.15) is 11.3 Å². The van der Waals surface area contributed by atoms with Crippen molar-refractivity contribution in [1.29, 1.82) is 0 Å². The molecule has 0 aromatic carbocycles. The summed E-state index contributed by atoms with van der Waals surface area (Å²) in [6, 6.07) is 2.20. The third kappa shape index (κ3) is 1.60. The van der Waals surface area contributed by atoms with Crippen LogP contribution in [-0.2, 0) is 0 Å². The van der Waals surface area contributed by atoms with Crippen molar-refractivity contribution in [1.82, 2.24) is 5.32 Å². The van der Waals surface area contributed by atoms with Crippen molar-refractivity contribution in [2.24, 2.45) is 0 Å². The number of hydrogen-bond donors (Lipinski definition) is 1. The first-order valence-corrected chi connectivity index (χ1v) is 5.66. The molecule has 1 aliphatic rings. The van der Waals surface area contributed by atoms with Crippen LogP contribution in [-0.4, -0.2) is 11.8 Å². The normalized spacial score (nSPS) is 31.0. The SMILES string of the molecule is CC1CNC(c2ccsc2)S1. The van der Waals surface area contributed by atoms with E-state index in [9.17, 15) is 0 Å². The predicted molar refractivity (Wildman–Crippen MR) is 52.1 cm³/mol. The van der Waals surface area contributed by atoms with E-state index in [4.69, 9.17) is 0 Å². The highest BCUT2D eigenvalue weighted by Gasteiger charge is 2.22. The third-order valence-electron chi connectivity index (χ3n) is 1.81. The van der Waals surface area contributed by atoms with Crippen LogP contribution in [0.3, 0.4) is 0 Å². The lowest BCUT2D eigenvalue weighted by Gasteiger charge is -2.05. The summed E-state index contributed by atoms with van der Waals surface area (Å²) in [5.74, 6) is 0. The summed E-state index contributed by atoms with van der Waals surface area (Å²) >= 11 is 3.79. The van der Waals surface area contributed by atoms with Gasteiger partial charge in [0.2, 0.25) is 0 Å². The highest BCUT2D eigenvalue weighted by molar-refractivity contribution is 8.00. The molecule has 1 N–H and O–H groups in total. The molecule has 1 aromatic rings. The molecule has 2 rings (SSSR count). The minimum Gasteiger partial charge on any atom is -0.301 e. The molecule has 1 aliphatic heterocycles. The lowest BCUT2D eigenvalue weighted by Crippen LogP contribution is -2.13. The Hall–Kier alpha value is 0.01000. The first-order valence-electron chi connectivity index (χ1n) is 3.77. The van der Waals surface area contributed by atoms with Crippen LogP contribution in [0.25, 0.3) is 0 Å². The Kier molecular flexibility index (Phi) is 2.20. The van der Waals surface area contributed by atoms with Gasteiger partial charge in [0, 0.05) is 11.8 Å². The Morgan fingerprint density at radius 3 is 3.09 bits per heavy atom. The van der Waals surface area contributed by atoms with Gasteiger partial charge in [0.15, 0.2) is 0 Å². The largest absolute Gasteiger partial charge is 0.301 e. The first kappa shape index (κ1) is 7.65. The van der Waals surface area contributed by atoms with Gasteiger partial charge in [-0.15, -0.1) is 11.8 Å². The molecule has 2 atom stereocenters. The number of nitrogens with one attached hydrogen (secondary N) is 1. The van der Waals surface area contributed by atoms with Crippen LogP contribution < -0.4 is 5.32 Å². The van der Waals surface area contributed by atoms with E-state index in [1.54, 1.807) is 11.3 Å². The molecule has 2 unspecified atom stereocenters. The van der Waals surface area contributed by atoms with Crippen molar-refractivity contribution < 1.29 is 0 Å². The zero-order valence-corrected chi connectivity index (χ0v) is 8.04. The van der Waals surface area contributed by atoms with Gasteiger partial charge in [-0.1, -0.05) is 6.92 Å². The van der Waals surface area contributed by atoms with E-state index in [1.165, 1.54) is 5.56 Å². The molecule has 0 aliphatic carbocycles. The Morgan fingerprint density at radius 1 is 1.64 bits per heavy atom. The Bertz CT molecular complexity index is 220. The summed E-state index contributed by atoms with van der Waals surface area (Å²) in [6.07, 6.45) is 0. The van der Waals surface area contributed by atoms with E-state index < -0.39 is 0 Å². The summed E-state index contributed by atoms with van der Waals surface area (Å²) in [4.78, 5) is 0. The van der Waals surface area contributed by atoms with Crippen LogP contribution in [0.1, 0.15) is 17.9 Å². The second-order valence-corrected chi connectivity index (χ2v) is 5.12. The summed E-state index contributed by atoms with van der Waals surface area (Å²) in [5.41, 5.74) is 1.43. The van der Waals surface area contributed by atoms with Crippen molar-refractivity contribution in [3.05, 3.63) is 22.4 Å². The van der Waals surface area contributed by atoms with Crippen LogP contribution in [0.5, 0.6) is 0 Å². The summed E-state index contributed by atoms with van der Waals surface area (Å²) < 4.78 is 0. The molecular formula is C8H11NS2. The number of hydrogen-bond acceptors (Lipinski definition) is 3. The third-order valence-corrected chi connectivity index (χ3v) is 3.85. The first-order chi connectivity index (χ1) is 5.36. The van der Waals surface area contributed by atoms with Gasteiger partial charge in [0.1, 0.15) is 0 Å². The van der Waals surface area contributed by atoms with Crippen LogP contribution in [0, 0.1) is 0 Å². The van der Waals surface area contributed by atoms with Crippen LogP contribution in [0.4, 0.5) is 0 Å². The fourth-order valence-electron chi connectivity index (χ4n) is 1.22. The molecule has 0 amide bonds. The minimum absolute atomic E-state index is 0.552. The van der Waals surface area contributed by atoms with E-state index in [1.807, 2.05) is 11.8 Å². The maximum Gasteiger partial charge on any atom is 0.0800 e. The fraction of sp³-hybridized carbons (Fsp3) is 0.500. The molecule has 3 heteroatoms. The Labute approximate surface area is 75.2 Å². The van der Waals surface area contributed by atoms with Gasteiger partial charge < -0.3 is 5.32 Å². The van der Waals surface area contributed by atoms with Gasteiger partial charge in [0.05, 0.1) is 5.37 Å². The molecule has 2 heterocycles. The van der Waals surface area contributed by atoms with Gasteiger partial charge in [-0.3, -0.25) is 0 Å². The molecule has 11 heavy (non-hydrogen) atoms. The zero-order chi connectivity index (χ0) is 7.68. The molecule has 1 saturated heterocycles. The summed E-state index contributed by atoms with van der Waals surface area (Å²) in [5, 5.41) is 9.16. The molecule has 0 spiro atoms. The molecule has 0 radical (unpaired) electrons. The van der Waals surface area contributed by atoms with Crippen molar-refractivity contribution in [3.63, 3.8) is 0 Å². The lowest BCUT2D eigenvalue weighted by atomic mass is 10.3. The van der Waals surface area contributed by atoms with Crippen LogP contribution in [0.15, 0.2) is 16.8 Å². The average Bonchev–Trinajstić information content (AvgIpc) is 2.55. The second kappa shape index (κ2) is 3.17. The average molecular weight is 185 g/mol. The lowest BCUT2D eigenvalue weighted by molar-refractivity contribution is 0.719. The zero-order valence-electron chi connectivity index (χ0n) is 6.41. The highest BCUT2D eigenvalue weighted by atomic mass is 32.2. The molecule has 0 saturated carbocycles. The predicted octanol–water partition coefficient (Wildman–Crippen LogP) is 2.47. The van der Waals surface area contributed by atoms with Crippen molar-refractivity contribution >= 4 is 23.1 Å². The second-order valence-electron chi connectivity index (χ2n) is 2.79. The van der Waals surface area contributed by atoms with Crippen molar-refractivity contribution in [2.45, 2.75) is 17.5 Å².